The molecule has 2 aliphatic rings. The number of anilines is 3. The molecule has 4 rings (SSSR count). The second-order valence-electron chi connectivity index (χ2n) is 8.12. The SMILES string of the molecule is O=C1CN(c2ccc(NC(=O)NCCC(=O)N3CCN(c4ccccn4)CC3)cc2Cl)CCN1. The van der Waals surface area contributed by atoms with E-state index in [-0.39, 0.29) is 31.3 Å². The molecule has 10 nitrogen and oxygen atoms in total. The summed E-state index contributed by atoms with van der Waals surface area (Å²) in [5.74, 6) is 0.884. The maximum Gasteiger partial charge on any atom is 0.319 e. The largest absolute Gasteiger partial charge is 0.359 e. The number of hydrogen-bond donors (Lipinski definition) is 3. The first-order chi connectivity index (χ1) is 16.5. The van der Waals surface area contributed by atoms with E-state index in [9.17, 15) is 14.4 Å². The molecule has 2 aromatic rings. The van der Waals surface area contributed by atoms with Gasteiger partial charge in [-0.1, -0.05) is 17.7 Å². The summed E-state index contributed by atoms with van der Waals surface area (Å²) in [6, 6.07) is 10.6. The molecular weight excluding hydrogens is 458 g/mol. The molecule has 0 unspecified atom stereocenters. The Labute approximate surface area is 203 Å². The Hall–Kier alpha value is -3.53. The third-order valence-electron chi connectivity index (χ3n) is 5.81. The standard InChI is InChI=1S/C23H28ClN7O3/c24-18-15-17(4-5-19(18)31-10-9-26-21(32)16-31)28-23(34)27-8-6-22(33)30-13-11-29(12-14-30)20-3-1-2-7-25-20/h1-5,7,15H,6,8-14,16H2,(H,26,32)(H2,27,28,34). The lowest BCUT2D eigenvalue weighted by atomic mass is 10.2. The zero-order valence-corrected chi connectivity index (χ0v) is 19.6. The van der Waals surface area contributed by atoms with E-state index in [1.807, 2.05) is 28.0 Å². The number of pyridine rings is 1. The van der Waals surface area contributed by atoms with Crippen molar-refractivity contribution in [1.29, 1.82) is 0 Å². The average Bonchev–Trinajstić information content (AvgIpc) is 2.85. The van der Waals surface area contributed by atoms with Gasteiger partial charge in [-0.2, -0.15) is 0 Å². The Morgan fingerprint density at radius 1 is 1.06 bits per heavy atom. The third kappa shape index (κ3) is 6.07. The molecule has 0 radical (unpaired) electrons. The van der Waals surface area contributed by atoms with Crippen molar-refractivity contribution in [3.8, 4) is 0 Å². The van der Waals surface area contributed by atoms with Crippen LogP contribution in [0.1, 0.15) is 6.42 Å². The van der Waals surface area contributed by atoms with Crippen LogP contribution in [0.25, 0.3) is 0 Å². The Balaban J connectivity index is 1.18. The van der Waals surface area contributed by atoms with Gasteiger partial charge in [-0.3, -0.25) is 9.59 Å². The highest BCUT2D eigenvalue weighted by Crippen LogP contribution is 2.29. The zero-order chi connectivity index (χ0) is 23.9. The first-order valence-electron chi connectivity index (χ1n) is 11.3. The minimum absolute atomic E-state index is 0.0129. The van der Waals surface area contributed by atoms with Gasteiger partial charge in [-0.15, -0.1) is 0 Å². The first kappa shape index (κ1) is 23.6. The summed E-state index contributed by atoms with van der Waals surface area (Å²) in [6.45, 7) is 4.45. The fraction of sp³-hybridized carbons (Fsp3) is 0.391. The van der Waals surface area contributed by atoms with Gasteiger partial charge in [0.25, 0.3) is 0 Å². The van der Waals surface area contributed by atoms with E-state index in [4.69, 9.17) is 11.6 Å². The fourth-order valence-electron chi connectivity index (χ4n) is 4.03. The quantitative estimate of drug-likeness (QED) is 0.572. The molecular formula is C23H28ClN7O3. The Morgan fingerprint density at radius 2 is 1.88 bits per heavy atom. The number of benzene rings is 1. The van der Waals surface area contributed by atoms with Gasteiger partial charge in [-0.25, -0.2) is 9.78 Å². The molecule has 1 aromatic carbocycles. The number of halogens is 1. The number of carbonyl (C=O) groups excluding carboxylic acids is 3. The second-order valence-corrected chi connectivity index (χ2v) is 8.53. The van der Waals surface area contributed by atoms with E-state index in [0.29, 0.717) is 36.9 Å². The summed E-state index contributed by atoms with van der Waals surface area (Å²) in [5, 5.41) is 8.67. The maximum atomic E-state index is 12.5. The smallest absolute Gasteiger partial charge is 0.319 e. The normalized spacial score (nSPS) is 16.1. The van der Waals surface area contributed by atoms with Crippen molar-refractivity contribution in [3.05, 3.63) is 47.6 Å². The predicted molar refractivity (Wildman–Crippen MR) is 131 cm³/mol. The predicted octanol–water partition coefficient (Wildman–Crippen LogP) is 1.53. The molecule has 0 atom stereocenters. The molecule has 3 heterocycles. The highest BCUT2D eigenvalue weighted by Gasteiger charge is 2.22. The molecule has 0 saturated carbocycles. The second kappa shape index (κ2) is 11.1. The summed E-state index contributed by atoms with van der Waals surface area (Å²) < 4.78 is 0. The molecule has 2 aliphatic heterocycles. The van der Waals surface area contributed by atoms with Gasteiger partial charge in [0.15, 0.2) is 0 Å². The van der Waals surface area contributed by atoms with Gasteiger partial charge in [0, 0.05) is 64.1 Å². The topological polar surface area (TPSA) is 110 Å². The van der Waals surface area contributed by atoms with Crippen molar-refractivity contribution < 1.29 is 14.4 Å². The Morgan fingerprint density at radius 3 is 2.59 bits per heavy atom. The van der Waals surface area contributed by atoms with Crippen molar-refractivity contribution in [1.82, 2.24) is 20.5 Å². The lowest BCUT2D eigenvalue weighted by Gasteiger charge is -2.35. The molecule has 0 aliphatic carbocycles. The number of nitrogens with zero attached hydrogens (tertiary/aromatic N) is 4. The molecule has 3 N–H and O–H groups in total. The maximum absolute atomic E-state index is 12.5. The number of amides is 4. The summed E-state index contributed by atoms with van der Waals surface area (Å²) in [5.41, 5.74) is 1.28. The molecule has 0 spiro atoms. The van der Waals surface area contributed by atoms with Crippen LogP contribution in [0.5, 0.6) is 0 Å². The van der Waals surface area contributed by atoms with E-state index in [1.165, 1.54) is 0 Å². The first-order valence-corrected chi connectivity index (χ1v) is 11.7. The van der Waals surface area contributed by atoms with Gasteiger partial charge in [0.05, 0.1) is 17.3 Å². The van der Waals surface area contributed by atoms with Gasteiger partial charge in [-0.05, 0) is 30.3 Å². The number of hydrogen-bond acceptors (Lipinski definition) is 6. The van der Waals surface area contributed by atoms with E-state index in [0.717, 1.165) is 24.6 Å². The number of urea groups is 1. The molecule has 2 saturated heterocycles. The lowest BCUT2D eigenvalue weighted by molar-refractivity contribution is -0.131. The Bertz CT molecular complexity index is 1030. The van der Waals surface area contributed by atoms with Crippen LogP contribution in [-0.2, 0) is 9.59 Å². The van der Waals surface area contributed by atoms with Crippen molar-refractivity contribution >= 4 is 46.6 Å². The van der Waals surface area contributed by atoms with E-state index < -0.39 is 6.03 Å². The van der Waals surface area contributed by atoms with E-state index in [1.54, 1.807) is 24.4 Å². The van der Waals surface area contributed by atoms with Crippen LogP contribution in [0.3, 0.4) is 0 Å². The summed E-state index contributed by atoms with van der Waals surface area (Å²) in [6.07, 6.45) is 1.99. The fourth-order valence-corrected chi connectivity index (χ4v) is 4.33. The van der Waals surface area contributed by atoms with Crippen LogP contribution in [0.4, 0.5) is 22.0 Å². The van der Waals surface area contributed by atoms with Crippen molar-refractivity contribution in [2.75, 3.05) is 67.5 Å². The van der Waals surface area contributed by atoms with Crippen molar-refractivity contribution in [3.63, 3.8) is 0 Å². The zero-order valence-electron chi connectivity index (χ0n) is 18.8. The third-order valence-corrected chi connectivity index (χ3v) is 6.12. The summed E-state index contributed by atoms with van der Waals surface area (Å²) >= 11 is 6.37. The van der Waals surface area contributed by atoms with Crippen LogP contribution >= 0.6 is 11.6 Å². The Kier molecular flexibility index (Phi) is 7.69. The highest BCUT2D eigenvalue weighted by atomic mass is 35.5. The number of rotatable bonds is 6. The average molecular weight is 486 g/mol. The van der Waals surface area contributed by atoms with Crippen LogP contribution < -0.4 is 25.8 Å². The van der Waals surface area contributed by atoms with Crippen molar-refractivity contribution in [2.45, 2.75) is 6.42 Å². The van der Waals surface area contributed by atoms with Gasteiger partial charge in [0.2, 0.25) is 11.8 Å². The van der Waals surface area contributed by atoms with Crippen LogP contribution in [0.2, 0.25) is 5.02 Å². The van der Waals surface area contributed by atoms with Gasteiger partial charge < -0.3 is 30.7 Å². The molecule has 1 aromatic heterocycles. The van der Waals surface area contributed by atoms with E-state index in [2.05, 4.69) is 25.8 Å². The number of aromatic nitrogens is 1. The van der Waals surface area contributed by atoms with Crippen molar-refractivity contribution in [2.24, 2.45) is 0 Å². The van der Waals surface area contributed by atoms with Crippen LogP contribution in [0.15, 0.2) is 42.6 Å². The summed E-state index contributed by atoms with van der Waals surface area (Å²) in [4.78, 5) is 46.6. The number of carbonyl (C=O) groups is 3. The van der Waals surface area contributed by atoms with Gasteiger partial charge in [0.1, 0.15) is 5.82 Å². The van der Waals surface area contributed by atoms with Crippen LogP contribution in [0, 0.1) is 0 Å². The molecule has 180 valence electrons. The molecule has 4 amide bonds. The minimum Gasteiger partial charge on any atom is -0.359 e. The minimum atomic E-state index is -0.408. The molecule has 34 heavy (non-hydrogen) atoms. The summed E-state index contributed by atoms with van der Waals surface area (Å²) in [7, 11) is 0. The molecule has 2 fully saturated rings. The highest BCUT2D eigenvalue weighted by molar-refractivity contribution is 6.33. The monoisotopic (exact) mass is 485 g/mol. The van der Waals surface area contributed by atoms with E-state index >= 15 is 0 Å². The molecule has 11 heteroatoms. The van der Waals surface area contributed by atoms with Gasteiger partial charge >= 0.3 is 6.03 Å². The number of piperazine rings is 2. The number of nitrogens with one attached hydrogen (secondary N) is 3. The molecule has 0 bridgehead atoms. The van der Waals surface area contributed by atoms with Crippen LogP contribution in [-0.4, -0.2) is 80.1 Å². The lowest BCUT2D eigenvalue weighted by Crippen LogP contribution is -2.49.